The summed E-state index contributed by atoms with van der Waals surface area (Å²) in [5.41, 5.74) is 2.54. The second-order valence-electron chi connectivity index (χ2n) is 4.76. The summed E-state index contributed by atoms with van der Waals surface area (Å²) in [6, 6.07) is 13.5. The van der Waals surface area contributed by atoms with E-state index in [0.29, 0.717) is 6.04 Å². The molecule has 2 N–H and O–H groups in total. The van der Waals surface area contributed by atoms with Crippen LogP contribution in [0.3, 0.4) is 0 Å². The minimum atomic E-state index is 0.460. The van der Waals surface area contributed by atoms with Gasteiger partial charge in [-0.3, -0.25) is 0 Å². The highest BCUT2D eigenvalue weighted by atomic mass is 32.1. The van der Waals surface area contributed by atoms with Crippen molar-refractivity contribution in [2.75, 3.05) is 0 Å². The van der Waals surface area contributed by atoms with Gasteiger partial charge in [-0.1, -0.05) is 19.1 Å². The van der Waals surface area contributed by atoms with Gasteiger partial charge in [0, 0.05) is 29.2 Å². The van der Waals surface area contributed by atoms with Crippen LogP contribution in [0.4, 0.5) is 0 Å². The van der Waals surface area contributed by atoms with Crippen LogP contribution in [0.25, 0.3) is 10.9 Å². The van der Waals surface area contributed by atoms with Crippen molar-refractivity contribution in [1.82, 2.24) is 10.3 Å². The molecule has 0 aliphatic carbocycles. The lowest BCUT2D eigenvalue weighted by molar-refractivity contribution is 0.527. The molecule has 0 saturated heterocycles. The van der Waals surface area contributed by atoms with Crippen molar-refractivity contribution in [2.45, 2.75) is 25.9 Å². The maximum Gasteiger partial charge on any atom is 0.0454 e. The predicted octanol–water partition coefficient (Wildman–Crippen LogP) is 4.47. The van der Waals surface area contributed by atoms with Crippen molar-refractivity contribution in [2.24, 2.45) is 0 Å². The molecule has 2 nitrogen and oxygen atoms in total. The van der Waals surface area contributed by atoms with E-state index in [1.54, 1.807) is 0 Å². The molecule has 0 fully saturated rings. The standard InChI is InChI=1S/C16H18N2S/c1-2-14(16-4-3-9-19-16)18-11-12-5-6-15-13(10-12)7-8-17-15/h3-10,14,17-18H,2,11H2,1H3. The van der Waals surface area contributed by atoms with Gasteiger partial charge in [0.1, 0.15) is 0 Å². The first-order chi connectivity index (χ1) is 9.36. The monoisotopic (exact) mass is 270 g/mol. The Balaban J connectivity index is 1.70. The van der Waals surface area contributed by atoms with Gasteiger partial charge in [-0.25, -0.2) is 0 Å². The molecule has 0 spiro atoms. The first-order valence-electron chi connectivity index (χ1n) is 6.69. The number of aromatic nitrogens is 1. The largest absolute Gasteiger partial charge is 0.361 e. The number of fused-ring (bicyclic) bond motifs is 1. The Labute approximate surface area is 117 Å². The van der Waals surface area contributed by atoms with Gasteiger partial charge in [0.25, 0.3) is 0 Å². The number of H-pyrrole nitrogens is 1. The summed E-state index contributed by atoms with van der Waals surface area (Å²) in [7, 11) is 0. The van der Waals surface area contributed by atoms with E-state index in [-0.39, 0.29) is 0 Å². The minimum absolute atomic E-state index is 0.460. The van der Waals surface area contributed by atoms with Crippen molar-refractivity contribution in [3.05, 3.63) is 58.4 Å². The highest BCUT2D eigenvalue weighted by molar-refractivity contribution is 7.10. The average Bonchev–Trinajstić information content (AvgIpc) is 3.10. The number of hydrogen-bond acceptors (Lipinski definition) is 2. The summed E-state index contributed by atoms with van der Waals surface area (Å²) in [5, 5.41) is 7.07. The zero-order chi connectivity index (χ0) is 13.1. The van der Waals surface area contributed by atoms with Crippen LogP contribution in [0, 0.1) is 0 Å². The number of thiophene rings is 1. The molecular formula is C16H18N2S. The van der Waals surface area contributed by atoms with Crippen LogP contribution in [0.1, 0.15) is 29.8 Å². The Hall–Kier alpha value is -1.58. The molecule has 98 valence electrons. The van der Waals surface area contributed by atoms with E-state index in [9.17, 15) is 0 Å². The van der Waals surface area contributed by atoms with Crippen LogP contribution in [-0.4, -0.2) is 4.98 Å². The molecule has 3 rings (SSSR count). The SMILES string of the molecule is CCC(NCc1ccc2[nH]ccc2c1)c1cccs1. The second kappa shape index (κ2) is 5.59. The number of nitrogens with one attached hydrogen (secondary N) is 2. The predicted molar refractivity (Wildman–Crippen MR) is 82.5 cm³/mol. The quantitative estimate of drug-likeness (QED) is 0.703. The van der Waals surface area contributed by atoms with Gasteiger partial charge in [0.15, 0.2) is 0 Å². The van der Waals surface area contributed by atoms with Gasteiger partial charge >= 0.3 is 0 Å². The van der Waals surface area contributed by atoms with E-state index in [1.807, 2.05) is 17.5 Å². The van der Waals surface area contributed by atoms with Crippen LogP contribution in [-0.2, 0) is 6.54 Å². The van der Waals surface area contributed by atoms with Gasteiger partial charge in [0.2, 0.25) is 0 Å². The lowest BCUT2D eigenvalue weighted by atomic mass is 10.1. The number of hydrogen-bond donors (Lipinski definition) is 2. The third-order valence-corrected chi connectivity index (χ3v) is 4.45. The van der Waals surface area contributed by atoms with E-state index >= 15 is 0 Å². The van der Waals surface area contributed by atoms with Crippen molar-refractivity contribution in [1.29, 1.82) is 0 Å². The van der Waals surface area contributed by atoms with Crippen molar-refractivity contribution < 1.29 is 0 Å². The van der Waals surface area contributed by atoms with E-state index in [4.69, 9.17) is 0 Å². The van der Waals surface area contributed by atoms with E-state index in [2.05, 4.69) is 59.0 Å². The van der Waals surface area contributed by atoms with Gasteiger partial charge in [-0.05, 0) is 47.0 Å². The minimum Gasteiger partial charge on any atom is -0.361 e. The molecule has 1 unspecified atom stereocenters. The molecule has 1 aromatic carbocycles. The second-order valence-corrected chi connectivity index (χ2v) is 5.74. The normalized spacial score (nSPS) is 12.9. The zero-order valence-corrected chi connectivity index (χ0v) is 11.8. The summed E-state index contributed by atoms with van der Waals surface area (Å²) >= 11 is 1.83. The van der Waals surface area contributed by atoms with E-state index in [0.717, 1.165) is 13.0 Å². The van der Waals surface area contributed by atoms with Crippen LogP contribution in [0.2, 0.25) is 0 Å². The van der Waals surface area contributed by atoms with Crippen molar-refractivity contribution in [3.8, 4) is 0 Å². The molecule has 3 heteroatoms. The Morgan fingerprint density at radius 2 is 2.21 bits per heavy atom. The number of rotatable bonds is 5. The summed E-state index contributed by atoms with van der Waals surface area (Å²) in [5.74, 6) is 0. The fourth-order valence-corrected chi connectivity index (χ4v) is 3.28. The molecule has 0 saturated carbocycles. The molecule has 2 heterocycles. The molecule has 0 bridgehead atoms. The van der Waals surface area contributed by atoms with Crippen LogP contribution in [0.5, 0.6) is 0 Å². The van der Waals surface area contributed by atoms with E-state index in [1.165, 1.54) is 21.3 Å². The van der Waals surface area contributed by atoms with E-state index < -0.39 is 0 Å². The topological polar surface area (TPSA) is 27.8 Å². The Kier molecular flexibility index (Phi) is 3.67. The first-order valence-corrected chi connectivity index (χ1v) is 7.57. The fourth-order valence-electron chi connectivity index (χ4n) is 2.39. The van der Waals surface area contributed by atoms with Gasteiger partial charge in [-0.2, -0.15) is 0 Å². The number of aromatic amines is 1. The molecule has 0 amide bonds. The number of benzene rings is 1. The smallest absolute Gasteiger partial charge is 0.0454 e. The Morgan fingerprint density at radius 3 is 3.00 bits per heavy atom. The maximum atomic E-state index is 3.65. The lowest BCUT2D eigenvalue weighted by Gasteiger charge is -2.15. The molecule has 0 radical (unpaired) electrons. The lowest BCUT2D eigenvalue weighted by Crippen LogP contribution is -2.19. The van der Waals surface area contributed by atoms with Crippen molar-refractivity contribution >= 4 is 22.2 Å². The van der Waals surface area contributed by atoms with Gasteiger partial charge in [-0.15, -0.1) is 11.3 Å². The molecule has 0 aliphatic heterocycles. The fraction of sp³-hybridized carbons (Fsp3) is 0.250. The Morgan fingerprint density at radius 1 is 1.26 bits per heavy atom. The van der Waals surface area contributed by atoms with Crippen LogP contribution < -0.4 is 5.32 Å². The van der Waals surface area contributed by atoms with Crippen LogP contribution in [0.15, 0.2) is 48.0 Å². The summed E-state index contributed by atoms with van der Waals surface area (Å²) in [6.45, 7) is 3.14. The summed E-state index contributed by atoms with van der Waals surface area (Å²) in [4.78, 5) is 4.65. The molecule has 3 aromatic rings. The maximum absolute atomic E-state index is 3.65. The van der Waals surface area contributed by atoms with Gasteiger partial charge < -0.3 is 10.3 Å². The molecule has 0 aliphatic rings. The first kappa shape index (κ1) is 12.5. The summed E-state index contributed by atoms with van der Waals surface area (Å²) < 4.78 is 0. The third-order valence-electron chi connectivity index (χ3n) is 3.47. The molecule has 1 atom stereocenters. The van der Waals surface area contributed by atoms with Gasteiger partial charge in [0.05, 0.1) is 0 Å². The molecular weight excluding hydrogens is 252 g/mol. The van der Waals surface area contributed by atoms with Crippen molar-refractivity contribution in [3.63, 3.8) is 0 Å². The highest BCUT2D eigenvalue weighted by Gasteiger charge is 2.09. The van der Waals surface area contributed by atoms with Crippen LogP contribution >= 0.6 is 11.3 Å². The highest BCUT2D eigenvalue weighted by Crippen LogP contribution is 2.22. The summed E-state index contributed by atoms with van der Waals surface area (Å²) in [6.07, 6.45) is 3.11. The molecule has 2 aromatic heterocycles. The average molecular weight is 270 g/mol. The Bertz CT molecular complexity index is 640. The zero-order valence-electron chi connectivity index (χ0n) is 11.0. The third kappa shape index (κ3) is 2.72. The molecule has 19 heavy (non-hydrogen) atoms.